The summed E-state index contributed by atoms with van der Waals surface area (Å²) in [6.45, 7) is 9.80. The van der Waals surface area contributed by atoms with E-state index in [-0.39, 0.29) is 17.9 Å². The molecule has 8 heteroatoms. The lowest BCUT2D eigenvalue weighted by molar-refractivity contribution is -0.116. The van der Waals surface area contributed by atoms with Gasteiger partial charge in [-0.2, -0.15) is 0 Å². The molecule has 2 saturated heterocycles. The molecule has 1 aromatic carbocycles. The van der Waals surface area contributed by atoms with E-state index in [0.717, 1.165) is 31.9 Å². The van der Waals surface area contributed by atoms with Gasteiger partial charge in [0.1, 0.15) is 0 Å². The Hall–Kier alpha value is -3.13. The highest BCUT2D eigenvalue weighted by atomic mass is 16.2. The Balaban J connectivity index is 1.19. The van der Waals surface area contributed by atoms with Crippen LogP contribution in [0.25, 0.3) is 0 Å². The van der Waals surface area contributed by atoms with Crippen LogP contribution in [0, 0.1) is 0 Å². The summed E-state index contributed by atoms with van der Waals surface area (Å²) in [6, 6.07) is 12.0. The molecule has 5 rings (SSSR count). The van der Waals surface area contributed by atoms with E-state index in [1.807, 2.05) is 0 Å². The lowest BCUT2D eigenvalue weighted by Gasteiger charge is -2.38. The molecule has 4 heterocycles. The highest BCUT2D eigenvalue weighted by molar-refractivity contribution is 6.00. The molecule has 35 heavy (non-hydrogen) atoms. The van der Waals surface area contributed by atoms with E-state index in [4.69, 9.17) is 0 Å². The van der Waals surface area contributed by atoms with Gasteiger partial charge in [-0.05, 0) is 56.9 Å². The zero-order chi connectivity index (χ0) is 24.5. The number of fused-ring (bicyclic) bond motifs is 3. The summed E-state index contributed by atoms with van der Waals surface area (Å²) in [6.07, 6.45) is 4.93. The van der Waals surface area contributed by atoms with Gasteiger partial charge in [-0.25, -0.2) is 4.98 Å². The molecule has 3 aliphatic rings. The minimum absolute atomic E-state index is 0.0362. The zero-order valence-electron chi connectivity index (χ0n) is 21.0. The highest BCUT2D eigenvalue weighted by Gasteiger charge is 2.32. The van der Waals surface area contributed by atoms with Crippen molar-refractivity contribution in [3.63, 3.8) is 0 Å². The SMILES string of the molecule is CC(=O)N1CCN(C(C)C)c2ncc(C(=O)NCCc3ccc(N4CC5CCC(C4)N5)cc3)cc21. The Morgan fingerprint density at radius 2 is 1.83 bits per heavy atom. The molecule has 0 aliphatic carbocycles. The van der Waals surface area contributed by atoms with Crippen LogP contribution < -0.4 is 25.3 Å². The lowest BCUT2D eigenvalue weighted by atomic mass is 10.1. The molecule has 0 spiro atoms. The van der Waals surface area contributed by atoms with Crippen molar-refractivity contribution >= 4 is 29.0 Å². The Morgan fingerprint density at radius 1 is 1.11 bits per heavy atom. The van der Waals surface area contributed by atoms with E-state index in [1.54, 1.807) is 24.1 Å². The number of carbonyl (C=O) groups excluding carboxylic acids is 2. The Labute approximate surface area is 207 Å². The molecule has 3 aliphatic heterocycles. The summed E-state index contributed by atoms with van der Waals surface area (Å²) in [5.41, 5.74) is 3.67. The summed E-state index contributed by atoms with van der Waals surface area (Å²) < 4.78 is 0. The normalized spacial score (nSPS) is 21.3. The molecule has 186 valence electrons. The van der Waals surface area contributed by atoms with Crippen LogP contribution in [0.15, 0.2) is 36.5 Å². The monoisotopic (exact) mass is 476 g/mol. The molecular formula is C27H36N6O2. The van der Waals surface area contributed by atoms with Gasteiger partial charge in [-0.1, -0.05) is 12.1 Å². The number of nitrogens with zero attached hydrogens (tertiary/aromatic N) is 4. The maximum absolute atomic E-state index is 12.9. The number of nitrogens with one attached hydrogen (secondary N) is 2. The largest absolute Gasteiger partial charge is 0.368 e. The van der Waals surface area contributed by atoms with Crippen molar-refractivity contribution in [2.45, 2.75) is 58.2 Å². The van der Waals surface area contributed by atoms with Crippen molar-refractivity contribution in [3.05, 3.63) is 47.7 Å². The van der Waals surface area contributed by atoms with Gasteiger partial charge in [0, 0.05) is 69.7 Å². The second kappa shape index (κ2) is 9.85. The molecule has 0 saturated carbocycles. The number of rotatable bonds is 6. The van der Waals surface area contributed by atoms with Crippen LogP contribution in [0.1, 0.15) is 49.5 Å². The van der Waals surface area contributed by atoms with Crippen molar-refractivity contribution in [3.8, 4) is 0 Å². The van der Waals surface area contributed by atoms with E-state index < -0.39 is 0 Å². The Bertz CT molecular complexity index is 1070. The van der Waals surface area contributed by atoms with Gasteiger partial charge in [-0.3, -0.25) is 9.59 Å². The fraction of sp³-hybridized carbons (Fsp3) is 0.519. The van der Waals surface area contributed by atoms with E-state index in [9.17, 15) is 9.59 Å². The summed E-state index contributed by atoms with van der Waals surface area (Å²) in [5.74, 6) is 0.555. The second-order valence-corrected chi connectivity index (χ2v) is 10.2. The first-order valence-corrected chi connectivity index (χ1v) is 12.8. The van der Waals surface area contributed by atoms with Crippen molar-refractivity contribution < 1.29 is 9.59 Å². The first-order chi connectivity index (χ1) is 16.9. The molecule has 2 atom stereocenters. The molecule has 2 amide bonds. The molecule has 8 nitrogen and oxygen atoms in total. The van der Waals surface area contributed by atoms with Gasteiger partial charge in [-0.15, -0.1) is 0 Å². The summed E-state index contributed by atoms with van der Waals surface area (Å²) in [4.78, 5) is 36.0. The van der Waals surface area contributed by atoms with Crippen LogP contribution in [0.4, 0.5) is 17.2 Å². The lowest BCUT2D eigenvalue weighted by Crippen LogP contribution is -2.51. The van der Waals surface area contributed by atoms with E-state index in [2.05, 4.69) is 63.5 Å². The number of piperazine rings is 1. The third-order valence-corrected chi connectivity index (χ3v) is 7.46. The van der Waals surface area contributed by atoms with Gasteiger partial charge >= 0.3 is 0 Å². The minimum atomic E-state index is -0.168. The van der Waals surface area contributed by atoms with E-state index in [0.29, 0.717) is 36.4 Å². The van der Waals surface area contributed by atoms with E-state index >= 15 is 0 Å². The third kappa shape index (κ3) is 4.98. The quantitative estimate of drug-likeness (QED) is 0.667. The van der Waals surface area contributed by atoms with Crippen molar-refractivity contribution in [1.82, 2.24) is 15.6 Å². The van der Waals surface area contributed by atoms with Crippen LogP contribution in [0.3, 0.4) is 0 Å². The van der Waals surface area contributed by atoms with Gasteiger partial charge < -0.3 is 25.3 Å². The first kappa shape index (κ1) is 23.6. The number of hydrogen-bond donors (Lipinski definition) is 2. The third-order valence-electron chi connectivity index (χ3n) is 7.46. The fourth-order valence-electron chi connectivity index (χ4n) is 5.56. The highest BCUT2D eigenvalue weighted by Crippen LogP contribution is 2.33. The molecule has 0 radical (unpaired) electrons. The summed E-state index contributed by atoms with van der Waals surface area (Å²) in [7, 11) is 0. The molecule has 1 aromatic heterocycles. The molecule has 2 N–H and O–H groups in total. The van der Waals surface area contributed by atoms with Crippen molar-refractivity contribution in [2.24, 2.45) is 0 Å². The van der Waals surface area contributed by atoms with Crippen LogP contribution >= 0.6 is 0 Å². The predicted octanol–water partition coefficient (Wildman–Crippen LogP) is 2.58. The summed E-state index contributed by atoms with van der Waals surface area (Å²) >= 11 is 0. The number of anilines is 3. The number of benzene rings is 1. The molecular weight excluding hydrogens is 440 g/mol. The number of carbonyl (C=O) groups is 2. The van der Waals surface area contributed by atoms with Gasteiger partial charge in [0.05, 0.1) is 11.3 Å². The molecule has 2 bridgehead atoms. The number of aromatic nitrogens is 1. The standard InChI is InChI=1S/C27H36N6O2/c1-18(2)32-12-13-33(19(3)34)25-14-21(15-29-26(25)32)27(35)28-11-10-20-4-8-24(9-5-20)31-16-22-6-7-23(17-31)30-22/h4-5,8-9,14-15,18,22-23,30H,6-7,10-13,16-17H2,1-3H3,(H,28,35). The maximum Gasteiger partial charge on any atom is 0.252 e. The van der Waals surface area contributed by atoms with E-state index in [1.165, 1.54) is 24.1 Å². The first-order valence-electron chi connectivity index (χ1n) is 12.8. The van der Waals surface area contributed by atoms with Crippen LogP contribution in [-0.2, 0) is 11.2 Å². The van der Waals surface area contributed by atoms with Gasteiger partial charge in [0.15, 0.2) is 5.82 Å². The predicted molar refractivity (Wildman–Crippen MR) is 139 cm³/mol. The average Bonchev–Trinajstić information content (AvgIpc) is 3.20. The summed E-state index contributed by atoms with van der Waals surface area (Å²) in [5, 5.41) is 6.69. The number of amides is 2. The molecule has 2 aromatic rings. The smallest absolute Gasteiger partial charge is 0.252 e. The number of pyridine rings is 1. The van der Waals surface area contributed by atoms with Crippen LogP contribution in [-0.4, -0.2) is 67.6 Å². The van der Waals surface area contributed by atoms with Crippen molar-refractivity contribution in [1.29, 1.82) is 0 Å². The van der Waals surface area contributed by atoms with Crippen molar-refractivity contribution in [2.75, 3.05) is 47.4 Å². The maximum atomic E-state index is 12.9. The molecule has 2 unspecified atom stereocenters. The zero-order valence-corrected chi connectivity index (χ0v) is 21.0. The topological polar surface area (TPSA) is 80.8 Å². The minimum Gasteiger partial charge on any atom is -0.368 e. The Kier molecular flexibility index (Phi) is 6.65. The van der Waals surface area contributed by atoms with Crippen LogP contribution in [0.2, 0.25) is 0 Å². The van der Waals surface area contributed by atoms with Gasteiger partial charge in [0.2, 0.25) is 5.91 Å². The van der Waals surface area contributed by atoms with Crippen LogP contribution in [0.5, 0.6) is 0 Å². The number of hydrogen-bond acceptors (Lipinski definition) is 6. The second-order valence-electron chi connectivity index (χ2n) is 10.2. The molecule has 2 fully saturated rings. The van der Waals surface area contributed by atoms with Gasteiger partial charge in [0.25, 0.3) is 5.91 Å². The average molecular weight is 477 g/mol. The Morgan fingerprint density at radius 3 is 2.49 bits per heavy atom. The fourth-order valence-corrected chi connectivity index (χ4v) is 5.56.